The van der Waals surface area contributed by atoms with Crippen molar-refractivity contribution in [3.05, 3.63) is 34.4 Å². The number of aromatic nitrogens is 2. The molecule has 2 aromatic rings. The summed E-state index contributed by atoms with van der Waals surface area (Å²) in [5, 5.41) is 3.40. The highest BCUT2D eigenvalue weighted by molar-refractivity contribution is 7.09. The summed E-state index contributed by atoms with van der Waals surface area (Å²) in [6.07, 6.45) is 5.78. The van der Waals surface area contributed by atoms with Crippen LogP contribution in [0.3, 0.4) is 0 Å². The number of hydrogen-bond acceptors (Lipinski definition) is 5. The number of oxazole rings is 1. The Morgan fingerprint density at radius 1 is 1.39 bits per heavy atom. The molecule has 0 aliphatic carbocycles. The summed E-state index contributed by atoms with van der Waals surface area (Å²) in [5.41, 5.74) is 1.69. The second-order valence-corrected chi connectivity index (χ2v) is 8.13. The largest absolute Gasteiger partial charge is 0.451 e. The minimum atomic E-state index is -0.0264. The molecule has 3 rings (SSSR count). The van der Waals surface area contributed by atoms with Crippen LogP contribution < -0.4 is 0 Å². The first kappa shape index (κ1) is 16.2. The van der Waals surface area contributed by atoms with E-state index in [1.54, 1.807) is 11.3 Å². The van der Waals surface area contributed by atoms with E-state index in [4.69, 9.17) is 9.40 Å². The van der Waals surface area contributed by atoms with Crippen LogP contribution in [-0.2, 0) is 11.8 Å². The third-order valence-electron chi connectivity index (χ3n) is 4.34. The van der Waals surface area contributed by atoms with E-state index in [1.165, 1.54) is 23.4 Å². The van der Waals surface area contributed by atoms with Crippen LogP contribution in [0.25, 0.3) is 0 Å². The number of rotatable bonds is 3. The van der Waals surface area contributed by atoms with Gasteiger partial charge in [-0.25, -0.2) is 9.97 Å². The molecule has 1 saturated heterocycles. The Kier molecular flexibility index (Phi) is 4.53. The summed E-state index contributed by atoms with van der Waals surface area (Å²) >= 11 is 1.76. The van der Waals surface area contributed by atoms with Gasteiger partial charge in [0.1, 0.15) is 6.26 Å². The molecule has 0 spiro atoms. The number of piperidine rings is 1. The molecule has 6 heteroatoms. The Morgan fingerprint density at radius 3 is 2.70 bits per heavy atom. The maximum Gasteiger partial charge on any atom is 0.275 e. The highest BCUT2D eigenvalue weighted by Gasteiger charge is 2.26. The van der Waals surface area contributed by atoms with Crippen molar-refractivity contribution < 1.29 is 9.21 Å². The average Bonchev–Trinajstić information content (AvgIpc) is 3.18. The van der Waals surface area contributed by atoms with E-state index >= 15 is 0 Å². The van der Waals surface area contributed by atoms with Gasteiger partial charge >= 0.3 is 0 Å². The van der Waals surface area contributed by atoms with Crippen molar-refractivity contribution in [2.24, 2.45) is 5.92 Å². The van der Waals surface area contributed by atoms with Gasteiger partial charge in [-0.15, -0.1) is 11.3 Å². The highest BCUT2D eigenvalue weighted by Crippen LogP contribution is 2.28. The van der Waals surface area contributed by atoms with Crippen molar-refractivity contribution >= 4 is 17.2 Å². The van der Waals surface area contributed by atoms with Crippen molar-refractivity contribution in [1.82, 2.24) is 14.9 Å². The van der Waals surface area contributed by atoms with Crippen LogP contribution in [0.4, 0.5) is 0 Å². The molecule has 3 heterocycles. The topological polar surface area (TPSA) is 59.2 Å². The molecule has 0 unspecified atom stereocenters. The molecule has 1 fully saturated rings. The summed E-state index contributed by atoms with van der Waals surface area (Å²) in [4.78, 5) is 22.8. The van der Waals surface area contributed by atoms with Crippen molar-refractivity contribution in [2.45, 2.75) is 45.4 Å². The SMILES string of the molecule is CC(C)(C)c1csc(CC2CCN(C(=O)c3cocn3)CC2)n1. The summed E-state index contributed by atoms with van der Waals surface area (Å²) in [5.74, 6) is 0.580. The van der Waals surface area contributed by atoms with Crippen molar-refractivity contribution in [1.29, 1.82) is 0 Å². The standard InChI is InChI=1S/C17H23N3O2S/c1-17(2,3)14-10-23-15(19-14)8-12-4-6-20(7-5-12)16(21)13-9-22-11-18-13/h9-12H,4-8H2,1-3H3. The van der Waals surface area contributed by atoms with Gasteiger partial charge in [0.25, 0.3) is 5.91 Å². The van der Waals surface area contributed by atoms with Gasteiger partial charge in [-0.1, -0.05) is 20.8 Å². The van der Waals surface area contributed by atoms with E-state index in [0.29, 0.717) is 11.6 Å². The smallest absolute Gasteiger partial charge is 0.275 e. The predicted molar refractivity (Wildman–Crippen MR) is 89.6 cm³/mol. The molecule has 1 aliphatic rings. The lowest BCUT2D eigenvalue weighted by Crippen LogP contribution is -2.39. The maximum atomic E-state index is 12.2. The average molecular weight is 333 g/mol. The fraction of sp³-hybridized carbons (Fsp3) is 0.588. The van der Waals surface area contributed by atoms with Gasteiger partial charge in [0.05, 0.1) is 10.7 Å². The third-order valence-corrected chi connectivity index (χ3v) is 5.21. The minimum Gasteiger partial charge on any atom is -0.451 e. The first-order valence-electron chi connectivity index (χ1n) is 8.06. The van der Waals surface area contributed by atoms with Crippen LogP contribution in [0.5, 0.6) is 0 Å². The first-order valence-corrected chi connectivity index (χ1v) is 8.94. The normalized spacial score (nSPS) is 16.7. The van der Waals surface area contributed by atoms with Crippen molar-refractivity contribution in [3.63, 3.8) is 0 Å². The van der Waals surface area contributed by atoms with E-state index in [-0.39, 0.29) is 11.3 Å². The van der Waals surface area contributed by atoms with E-state index < -0.39 is 0 Å². The molecule has 0 atom stereocenters. The summed E-state index contributed by atoms with van der Waals surface area (Å²) in [6, 6.07) is 0. The van der Waals surface area contributed by atoms with E-state index in [9.17, 15) is 4.79 Å². The van der Waals surface area contributed by atoms with E-state index in [0.717, 1.165) is 32.4 Å². The highest BCUT2D eigenvalue weighted by atomic mass is 32.1. The summed E-state index contributed by atoms with van der Waals surface area (Å²) in [7, 11) is 0. The monoisotopic (exact) mass is 333 g/mol. The number of amides is 1. The van der Waals surface area contributed by atoms with Gasteiger partial charge in [0, 0.05) is 30.3 Å². The Labute approximate surface area is 140 Å². The van der Waals surface area contributed by atoms with Gasteiger partial charge in [0.15, 0.2) is 12.1 Å². The first-order chi connectivity index (χ1) is 10.9. The van der Waals surface area contributed by atoms with Gasteiger partial charge in [-0.05, 0) is 18.8 Å². The summed E-state index contributed by atoms with van der Waals surface area (Å²) in [6.45, 7) is 8.15. The lowest BCUT2D eigenvalue weighted by atomic mass is 9.92. The van der Waals surface area contributed by atoms with Gasteiger partial charge < -0.3 is 9.32 Å². The van der Waals surface area contributed by atoms with Crippen molar-refractivity contribution in [3.8, 4) is 0 Å². The van der Waals surface area contributed by atoms with Crippen LogP contribution in [-0.4, -0.2) is 33.9 Å². The Bertz CT molecular complexity index is 650. The third kappa shape index (κ3) is 3.80. The van der Waals surface area contributed by atoms with Crippen LogP contribution in [0.2, 0.25) is 0 Å². The fourth-order valence-corrected chi connectivity index (χ4v) is 3.95. The lowest BCUT2D eigenvalue weighted by Gasteiger charge is -2.31. The van der Waals surface area contributed by atoms with Crippen molar-refractivity contribution in [2.75, 3.05) is 13.1 Å². The van der Waals surface area contributed by atoms with Gasteiger partial charge in [0.2, 0.25) is 0 Å². The maximum absolute atomic E-state index is 12.2. The number of hydrogen-bond donors (Lipinski definition) is 0. The number of carbonyl (C=O) groups excluding carboxylic acids is 1. The Morgan fingerprint density at radius 2 is 2.13 bits per heavy atom. The molecule has 5 nitrogen and oxygen atoms in total. The number of nitrogens with zero attached hydrogens (tertiary/aromatic N) is 3. The second-order valence-electron chi connectivity index (χ2n) is 7.19. The van der Waals surface area contributed by atoms with Crippen LogP contribution in [0, 0.1) is 5.92 Å². The number of carbonyl (C=O) groups is 1. The molecule has 124 valence electrons. The molecule has 23 heavy (non-hydrogen) atoms. The molecule has 0 bridgehead atoms. The molecular weight excluding hydrogens is 310 g/mol. The molecule has 1 amide bonds. The molecule has 1 aliphatic heterocycles. The number of thiazole rings is 1. The zero-order valence-corrected chi connectivity index (χ0v) is 14.7. The van der Waals surface area contributed by atoms with E-state index in [2.05, 4.69) is 31.1 Å². The summed E-state index contributed by atoms with van der Waals surface area (Å²) < 4.78 is 4.89. The second kappa shape index (κ2) is 6.43. The zero-order chi connectivity index (χ0) is 16.4. The molecular formula is C17H23N3O2S. The molecule has 0 saturated carbocycles. The van der Waals surface area contributed by atoms with Gasteiger partial charge in [-0.3, -0.25) is 4.79 Å². The number of likely N-dealkylation sites (tertiary alicyclic amines) is 1. The molecule has 0 aromatic carbocycles. The van der Waals surface area contributed by atoms with E-state index in [1.807, 2.05) is 4.90 Å². The van der Waals surface area contributed by atoms with Crippen LogP contribution >= 0.6 is 11.3 Å². The Balaban J connectivity index is 1.53. The molecule has 2 aromatic heterocycles. The zero-order valence-electron chi connectivity index (χ0n) is 13.9. The molecule has 0 radical (unpaired) electrons. The van der Waals surface area contributed by atoms with Crippen LogP contribution in [0.15, 0.2) is 22.5 Å². The quantitative estimate of drug-likeness (QED) is 0.862. The predicted octanol–water partition coefficient (Wildman–Crippen LogP) is 3.52. The van der Waals surface area contributed by atoms with Crippen LogP contribution in [0.1, 0.15) is 54.8 Å². The lowest BCUT2D eigenvalue weighted by molar-refractivity contribution is 0.0684. The Hall–Kier alpha value is -1.69. The fourth-order valence-electron chi connectivity index (χ4n) is 2.82. The minimum absolute atomic E-state index is 0.0264. The molecule has 0 N–H and O–H groups in total. The van der Waals surface area contributed by atoms with Gasteiger partial charge in [-0.2, -0.15) is 0 Å².